The monoisotopic (exact) mass is 550 g/mol. The molecule has 0 atom stereocenters. The van der Waals surface area contributed by atoms with Crippen LogP contribution in [0.1, 0.15) is 0 Å². The maximum Gasteiger partial charge on any atom is 4.00 e. The molecule has 4 heteroatoms. The minimum Gasteiger partial charge on any atom is -1.00 e. The fourth-order valence-electron chi connectivity index (χ4n) is 4.77. The van der Waals surface area contributed by atoms with E-state index in [1.165, 1.54) is 48.2 Å². The first-order valence-corrected chi connectivity index (χ1v) is 13.3. The molecule has 7 aromatic carbocycles. The van der Waals surface area contributed by atoms with E-state index in [4.69, 9.17) is 0 Å². The number of rotatable bonds is 3. The molecule has 0 aliphatic rings. The molecule has 7 aromatic rings. The Morgan fingerprint density at radius 3 is 1.34 bits per heavy atom. The topological polar surface area (TPSA) is 0 Å². The van der Waals surface area contributed by atoms with Gasteiger partial charge in [0.15, 0.2) is 0 Å². The Labute approximate surface area is 238 Å². The largest absolute Gasteiger partial charge is 4.00 e. The zero-order valence-electron chi connectivity index (χ0n) is 20.6. The van der Waals surface area contributed by atoms with Crippen LogP contribution in [0, 0.1) is 0 Å². The molecule has 0 heterocycles. The van der Waals surface area contributed by atoms with Gasteiger partial charge in [-0.2, -0.15) is 6.07 Å². The zero-order valence-corrected chi connectivity index (χ0v) is 23.1. The third kappa shape index (κ3) is 6.00. The summed E-state index contributed by atoms with van der Waals surface area (Å²) in [7, 11) is -0.493. The van der Waals surface area contributed by atoms with E-state index in [-0.39, 0.29) is 31.1 Å². The maximum absolute atomic E-state index is 2.35. The Morgan fingerprint density at radius 1 is 0.421 bits per heavy atom. The summed E-state index contributed by atoms with van der Waals surface area (Å²) in [6, 6.07) is 54.3. The first-order chi connectivity index (χ1) is 17.4. The van der Waals surface area contributed by atoms with Gasteiger partial charge in [-0.15, -0.1) is 80.1 Å². The molecule has 0 aliphatic carbocycles. The Balaban J connectivity index is 0.000000216. The molecule has 0 amide bonds. The second-order valence-corrected chi connectivity index (χ2v) is 10.9. The molecule has 7 rings (SSSR count). The molecular weight excluding hydrogens is 525 g/mol. The van der Waals surface area contributed by atoms with Crippen molar-refractivity contribution in [2.75, 3.05) is 0 Å². The van der Waals surface area contributed by atoms with Crippen LogP contribution >= 0.6 is 7.92 Å². The van der Waals surface area contributed by atoms with E-state index < -0.39 is 7.92 Å². The molecule has 0 radical (unpaired) electrons. The smallest absolute Gasteiger partial charge is 1.00 e. The van der Waals surface area contributed by atoms with E-state index >= 15 is 0 Å². The summed E-state index contributed by atoms with van der Waals surface area (Å²) in [5.41, 5.74) is 0. The second kappa shape index (κ2) is 13.4. The standard InChI is InChI=1S/C21H16P.C13H9.2FH.Ti/c1-3-11-19(12-4-1)22(20-13-5-2-6-14-20)21-15-17-9-7-8-10-18(17)16-21;1-3-7-12-10(5-1)9-11-6-2-4-8-13(11)12;;;/h1-16H;1-9H;2*1H;/q2*-1;;;+4/p-2. The minimum atomic E-state index is -0.493. The first kappa shape index (κ1) is 29.1. The van der Waals surface area contributed by atoms with E-state index in [2.05, 4.69) is 152 Å². The van der Waals surface area contributed by atoms with Crippen LogP contribution in [-0.4, -0.2) is 0 Å². The Hall–Kier alpha value is -3.42. The fourth-order valence-corrected chi connectivity index (χ4v) is 7.14. The van der Waals surface area contributed by atoms with Gasteiger partial charge >= 0.3 is 21.7 Å². The van der Waals surface area contributed by atoms with Gasteiger partial charge in [-0.3, -0.25) is 0 Å². The van der Waals surface area contributed by atoms with Crippen LogP contribution in [0.4, 0.5) is 0 Å². The summed E-state index contributed by atoms with van der Waals surface area (Å²) in [5.74, 6) is 0. The minimum absolute atomic E-state index is 0. The van der Waals surface area contributed by atoms with Gasteiger partial charge in [-0.1, -0.05) is 103 Å². The number of hydrogen-bond donors (Lipinski definition) is 0. The first-order valence-electron chi connectivity index (χ1n) is 12.0. The maximum atomic E-state index is 2.35. The molecule has 0 aliphatic heterocycles. The zero-order chi connectivity index (χ0) is 23.5. The molecule has 0 bridgehead atoms. The van der Waals surface area contributed by atoms with Crippen molar-refractivity contribution in [3.05, 3.63) is 152 Å². The average molecular weight is 550 g/mol. The summed E-state index contributed by atoms with van der Waals surface area (Å²) in [6.45, 7) is 0. The molecule has 0 nitrogen and oxygen atoms in total. The van der Waals surface area contributed by atoms with Gasteiger partial charge in [0.25, 0.3) is 0 Å². The summed E-state index contributed by atoms with van der Waals surface area (Å²) in [6.07, 6.45) is 0. The van der Waals surface area contributed by atoms with Crippen LogP contribution < -0.4 is 25.3 Å². The van der Waals surface area contributed by atoms with Crippen LogP contribution in [0.5, 0.6) is 0 Å². The van der Waals surface area contributed by atoms with Gasteiger partial charge in [0.1, 0.15) is 0 Å². The molecule has 0 saturated carbocycles. The molecule has 184 valence electrons. The van der Waals surface area contributed by atoms with Crippen molar-refractivity contribution in [1.29, 1.82) is 0 Å². The summed E-state index contributed by atoms with van der Waals surface area (Å²) >= 11 is 0. The van der Waals surface area contributed by atoms with Crippen molar-refractivity contribution in [3.63, 3.8) is 0 Å². The number of benzene rings is 5. The summed E-state index contributed by atoms with van der Waals surface area (Å²) in [5, 5.41) is 12.3. The molecule has 0 spiro atoms. The van der Waals surface area contributed by atoms with Crippen LogP contribution in [0.3, 0.4) is 0 Å². The fraction of sp³-hybridized carbons (Fsp3) is 0. The van der Waals surface area contributed by atoms with Crippen LogP contribution in [0.25, 0.3) is 32.3 Å². The van der Waals surface area contributed by atoms with E-state index in [1.54, 1.807) is 0 Å². The average Bonchev–Trinajstić information content (AvgIpc) is 3.52. The Bertz CT molecular complexity index is 1580. The number of halogens is 2. The van der Waals surface area contributed by atoms with Crippen molar-refractivity contribution in [1.82, 2.24) is 0 Å². The molecule has 0 saturated heterocycles. The van der Waals surface area contributed by atoms with Crippen LogP contribution in [0.2, 0.25) is 0 Å². The molecular formula is C34H25F2PTi. The second-order valence-electron chi connectivity index (χ2n) is 8.67. The third-order valence-corrected chi connectivity index (χ3v) is 8.82. The van der Waals surface area contributed by atoms with Gasteiger partial charge in [0.2, 0.25) is 0 Å². The normalized spacial score (nSPS) is 10.2. The molecule has 0 N–H and O–H groups in total. The van der Waals surface area contributed by atoms with Crippen molar-refractivity contribution in [2.45, 2.75) is 0 Å². The molecule has 38 heavy (non-hydrogen) atoms. The molecule has 0 unspecified atom stereocenters. The Kier molecular flexibility index (Phi) is 10.3. The van der Waals surface area contributed by atoms with E-state index in [1.807, 2.05) is 0 Å². The number of hydrogen-bond acceptors (Lipinski definition) is 0. The van der Waals surface area contributed by atoms with Crippen LogP contribution in [-0.2, 0) is 21.7 Å². The van der Waals surface area contributed by atoms with Crippen molar-refractivity contribution in [2.24, 2.45) is 0 Å². The van der Waals surface area contributed by atoms with Crippen molar-refractivity contribution < 1.29 is 31.1 Å². The SMILES string of the molecule is [F-].[F-].[Ti+4].c1ccc(P(c2ccccc2)c2cc3ccccc3[cH-]2)cc1.c1ccc2c(c1)[cH-]c1ccccc12. The van der Waals surface area contributed by atoms with Gasteiger partial charge in [-0.25, -0.2) is 0 Å². The van der Waals surface area contributed by atoms with E-state index in [0.717, 1.165) is 0 Å². The molecule has 0 fully saturated rings. The van der Waals surface area contributed by atoms with E-state index in [9.17, 15) is 0 Å². The van der Waals surface area contributed by atoms with E-state index in [0.29, 0.717) is 0 Å². The predicted molar refractivity (Wildman–Crippen MR) is 155 cm³/mol. The van der Waals surface area contributed by atoms with Crippen molar-refractivity contribution in [3.8, 4) is 0 Å². The van der Waals surface area contributed by atoms with Gasteiger partial charge in [-0.05, 0) is 18.5 Å². The number of fused-ring (bicyclic) bond motifs is 4. The van der Waals surface area contributed by atoms with Crippen LogP contribution in [0.15, 0.2) is 152 Å². The summed E-state index contributed by atoms with van der Waals surface area (Å²) < 4.78 is 0. The van der Waals surface area contributed by atoms with Gasteiger partial charge in [0, 0.05) is 0 Å². The quantitative estimate of drug-likeness (QED) is 0.180. The third-order valence-electron chi connectivity index (χ3n) is 6.41. The van der Waals surface area contributed by atoms with Gasteiger partial charge < -0.3 is 9.41 Å². The van der Waals surface area contributed by atoms with Crippen molar-refractivity contribution >= 4 is 56.2 Å². The Morgan fingerprint density at radius 2 is 0.842 bits per heavy atom. The molecule has 0 aromatic heterocycles. The summed E-state index contributed by atoms with van der Waals surface area (Å²) in [4.78, 5) is 0. The predicted octanol–water partition coefficient (Wildman–Crippen LogP) is 2.03. The van der Waals surface area contributed by atoms with Gasteiger partial charge in [0.05, 0.1) is 0 Å².